The molecule has 1 aliphatic carbocycles. The molecule has 0 spiro atoms. The molecule has 1 aliphatic rings. The normalized spacial score (nSPS) is 21.6. The van der Waals surface area contributed by atoms with Crippen LogP contribution in [0.3, 0.4) is 0 Å². The molecule has 21 heavy (non-hydrogen) atoms. The van der Waals surface area contributed by atoms with Gasteiger partial charge in [-0.2, -0.15) is 0 Å². The lowest BCUT2D eigenvalue weighted by Crippen LogP contribution is -2.42. The Kier molecular flexibility index (Phi) is 5.31. The number of carbonyl (C=O) groups is 2. The van der Waals surface area contributed by atoms with Gasteiger partial charge in [-0.05, 0) is 37.8 Å². The van der Waals surface area contributed by atoms with Crippen LogP contribution in [0.4, 0.5) is 0 Å². The largest absolute Gasteiger partial charge is 0.452 e. The number of nitrogens with one attached hydrogen (secondary N) is 1. The molecule has 1 fully saturated rings. The van der Waals surface area contributed by atoms with Gasteiger partial charge in [0.15, 0.2) is 6.61 Å². The standard InChI is InChI=1S/C16H22N2O3/c1-11-5-3-4-6-14(11)18-15(19)10-21-16(20)13-8-7-12(2)17-9-13/h7-9,11,14H,3-6,10H2,1-2H3,(H,18,19). The molecule has 0 radical (unpaired) electrons. The van der Waals surface area contributed by atoms with Crippen molar-refractivity contribution in [1.82, 2.24) is 10.3 Å². The van der Waals surface area contributed by atoms with E-state index in [1.807, 2.05) is 6.92 Å². The van der Waals surface area contributed by atoms with Crippen LogP contribution >= 0.6 is 0 Å². The quantitative estimate of drug-likeness (QED) is 0.864. The van der Waals surface area contributed by atoms with Crippen molar-refractivity contribution in [2.24, 2.45) is 5.92 Å². The highest BCUT2D eigenvalue weighted by Gasteiger charge is 2.23. The molecule has 1 heterocycles. The van der Waals surface area contributed by atoms with Crippen molar-refractivity contribution in [2.75, 3.05) is 6.61 Å². The van der Waals surface area contributed by atoms with E-state index in [1.54, 1.807) is 12.1 Å². The highest BCUT2D eigenvalue weighted by atomic mass is 16.5. The number of esters is 1. The van der Waals surface area contributed by atoms with Gasteiger partial charge >= 0.3 is 5.97 Å². The smallest absolute Gasteiger partial charge is 0.340 e. The summed E-state index contributed by atoms with van der Waals surface area (Å²) in [7, 11) is 0. The van der Waals surface area contributed by atoms with Crippen LogP contribution in [0.1, 0.15) is 48.7 Å². The SMILES string of the molecule is Cc1ccc(C(=O)OCC(=O)NC2CCCCC2C)cn1. The predicted octanol–water partition coefficient (Wildman–Crippen LogP) is 2.24. The second kappa shape index (κ2) is 7.20. The summed E-state index contributed by atoms with van der Waals surface area (Å²) in [4.78, 5) is 27.6. The Hall–Kier alpha value is -1.91. The number of ether oxygens (including phenoxy) is 1. The Bertz CT molecular complexity index is 499. The minimum Gasteiger partial charge on any atom is -0.452 e. The van der Waals surface area contributed by atoms with Gasteiger partial charge in [-0.25, -0.2) is 4.79 Å². The Morgan fingerprint density at radius 3 is 2.76 bits per heavy atom. The summed E-state index contributed by atoms with van der Waals surface area (Å²) in [6.07, 6.45) is 5.97. The number of rotatable bonds is 4. The Labute approximate surface area is 125 Å². The van der Waals surface area contributed by atoms with Gasteiger partial charge in [0.2, 0.25) is 0 Å². The third kappa shape index (κ3) is 4.55. The third-order valence-electron chi connectivity index (χ3n) is 3.94. The summed E-state index contributed by atoms with van der Waals surface area (Å²) < 4.78 is 5.02. The number of amides is 1. The van der Waals surface area contributed by atoms with E-state index in [9.17, 15) is 9.59 Å². The van der Waals surface area contributed by atoms with E-state index < -0.39 is 5.97 Å². The fraction of sp³-hybridized carbons (Fsp3) is 0.562. The van der Waals surface area contributed by atoms with Crippen LogP contribution in [-0.4, -0.2) is 29.5 Å². The number of aromatic nitrogens is 1. The lowest BCUT2D eigenvalue weighted by atomic mass is 9.86. The fourth-order valence-electron chi connectivity index (χ4n) is 2.58. The molecule has 1 aromatic heterocycles. The van der Waals surface area contributed by atoms with E-state index in [1.165, 1.54) is 12.6 Å². The molecule has 1 aromatic rings. The first kappa shape index (κ1) is 15.5. The maximum Gasteiger partial charge on any atom is 0.340 e. The van der Waals surface area contributed by atoms with E-state index in [2.05, 4.69) is 17.2 Å². The number of hydrogen-bond acceptors (Lipinski definition) is 4. The van der Waals surface area contributed by atoms with E-state index in [4.69, 9.17) is 4.74 Å². The lowest BCUT2D eigenvalue weighted by molar-refractivity contribution is -0.125. The summed E-state index contributed by atoms with van der Waals surface area (Å²) in [5.74, 6) is -0.267. The number of aryl methyl sites for hydroxylation is 1. The van der Waals surface area contributed by atoms with Gasteiger partial charge in [0.1, 0.15) is 0 Å². The van der Waals surface area contributed by atoms with Gasteiger partial charge in [0.25, 0.3) is 5.91 Å². The highest BCUT2D eigenvalue weighted by Crippen LogP contribution is 2.23. The van der Waals surface area contributed by atoms with E-state index >= 15 is 0 Å². The first-order valence-corrected chi connectivity index (χ1v) is 7.45. The van der Waals surface area contributed by atoms with Gasteiger partial charge in [-0.3, -0.25) is 9.78 Å². The second-order valence-corrected chi connectivity index (χ2v) is 5.70. The van der Waals surface area contributed by atoms with Gasteiger partial charge in [-0.15, -0.1) is 0 Å². The highest BCUT2D eigenvalue weighted by molar-refractivity contribution is 5.91. The Balaban J connectivity index is 1.78. The molecule has 2 unspecified atom stereocenters. The number of pyridine rings is 1. The number of hydrogen-bond donors (Lipinski definition) is 1. The van der Waals surface area contributed by atoms with E-state index in [-0.39, 0.29) is 18.6 Å². The molecule has 2 rings (SSSR count). The zero-order chi connectivity index (χ0) is 15.2. The van der Waals surface area contributed by atoms with Crippen LogP contribution in [0.2, 0.25) is 0 Å². The molecule has 1 amide bonds. The van der Waals surface area contributed by atoms with Gasteiger partial charge in [0, 0.05) is 17.9 Å². The second-order valence-electron chi connectivity index (χ2n) is 5.70. The van der Waals surface area contributed by atoms with Gasteiger partial charge < -0.3 is 10.1 Å². The fourth-order valence-corrected chi connectivity index (χ4v) is 2.58. The van der Waals surface area contributed by atoms with Crippen LogP contribution in [0.5, 0.6) is 0 Å². The Morgan fingerprint density at radius 2 is 2.10 bits per heavy atom. The maximum atomic E-state index is 11.8. The summed E-state index contributed by atoms with van der Waals surface area (Å²) >= 11 is 0. The van der Waals surface area contributed by atoms with Crippen LogP contribution in [-0.2, 0) is 9.53 Å². The maximum absolute atomic E-state index is 11.8. The number of nitrogens with zero attached hydrogens (tertiary/aromatic N) is 1. The minimum absolute atomic E-state index is 0.200. The molecule has 0 aromatic carbocycles. The van der Waals surface area contributed by atoms with E-state index in [0.717, 1.165) is 25.0 Å². The molecular weight excluding hydrogens is 268 g/mol. The lowest BCUT2D eigenvalue weighted by Gasteiger charge is -2.29. The molecular formula is C16H22N2O3. The molecule has 2 atom stereocenters. The van der Waals surface area contributed by atoms with Crippen molar-refractivity contribution >= 4 is 11.9 Å². The zero-order valence-electron chi connectivity index (χ0n) is 12.6. The summed E-state index contributed by atoms with van der Waals surface area (Å²) in [5, 5.41) is 2.95. The van der Waals surface area contributed by atoms with E-state index in [0.29, 0.717) is 11.5 Å². The average Bonchev–Trinajstić information content (AvgIpc) is 2.48. The van der Waals surface area contributed by atoms with Crippen molar-refractivity contribution in [1.29, 1.82) is 0 Å². The van der Waals surface area contributed by atoms with Crippen molar-refractivity contribution in [3.63, 3.8) is 0 Å². The monoisotopic (exact) mass is 290 g/mol. The minimum atomic E-state index is -0.519. The van der Waals surface area contributed by atoms with Crippen LogP contribution in [0.25, 0.3) is 0 Å². The molecule has 0 saturated heterocycles. The van der Waals surface area contributed by atoms with Crippen molar-refractivity contribution < 1.29 is 14.3 Å². The Morgan fingerprint density at radius 1 is 1.33 bits per heavy atom. The summed E-state index contributed by atoms with van der Waals surface area (Å²) in [5.41, 5.74) is 1.19. The third-order valence-corrected chi connectivity index (χ3v) is 3.94. The average molecular weight is 290 g/mol. The summed E-state index contributed by atoms with van der Waals surface area (Å²) in [6.45, 7) is 3.75. The molecule has 114 valence electrons. The van der Waals surface area contributed by atoms with Crippen molar-refractivity contribution in [3.05, 3.63) is 29.6 Å². The molecule has 1 N–H and O–H groups in total. The predicted molar refractivity (Wildman–Crippen MR) is 78.8 cm³/mol. The van der Waals surface area contributed by atoms with Crippen LogP contribution in [0.15, 0.2) is 18.3 Å². The summed E-state index contributed by atoms with van der Waals surface area (Å²) in [6, 6.07) is 3.58. The zero-order valence-corrected chi connectivity index (χ0v) is 12.6. The number of carbonyl (C=O) groups excluding carboxylic acids is 2. The van der Waals surface area contributed by atoms with Gasteiger partial charge in [-0.1, -0.05) is 19.8 Å². The first-order chi connectivity index (χ1) is 10.1. The molecule has 1 saturated carbocycles. The van der Waals surface area contributed by atoms with Crippen molar-refractivity contribution in [2.45, 2.75) is 45.6 Å². The van der Waals surface area contributed by atoms with Crippen LogP contribution in [0, 0.1) is 12.8 Å². The first-order valence-electron chi connectivity index (χ1n) is 7.45. The van der Waals surface area contributed by atoms with Gasteiger partial charge in [0.05, 0.1) is 5.56 Å². The molecule has 5 nitrogen and oxygen atoms in total. The molecule has 0 bridgehead atoms. The molecule has 5 heteroatoms. The topological polar surface area (TPSA) is 68.3 Å². The van der Waals surface area contributed by atoms with Crippen LogP contribution < -0.4 is 5.32 Å². The van der Waals surface area contributed by atoms with Crippen molar-refractivity contribution in [3.8, 4) is 0 Å². The molecule has 0 aliphatic heterocycles.